The molecule has 0 aromatic heterocycles. The minimum Gasteiger partial charge on any atom is -0.481 e. The summed E-state index contributed by atoms with van der Waals surface area (Å²) in [6, 6.07) is 2.21. The first kappa shape index (κ1) is 23.1. The van der Waals surface area contributed by atoms with Gasteiger partial charge in [0.1, 0.15) is 0 Å². The first-order valence-corrected chi connectivity index (χ1v) is 11.3. The van der Waals surface area contributed by atoms with Crippen LogP contribution >= 0.6 is 0 Å². The van der Waals surface area contributed by atoms with Crippen LogP contribution in [0.15, 0.2) is 12.1 Å². The molecule has 30 heavy (non-hydrogen) atoms. The Morgan fingerprint density at radius 3 is 2.27 bits per heavy atom. The van der Waals surface area contributed by atoms with Crippen molar-refractivity contribution in [1.82, 2.24) is 0 Å². The zero-order chi connectivity index (χ0) is 21.7. The number of hydrogen-bond acceptors (Lipinski definition) is 2. The molecule has 1 N–H and O–H groups in total. The number of carboxylic acid groups (broad SMARTS) is 1. The lowest BCUT2D eigenvalue weighted by Crippen LogP contribution is -2.45. The van der Waals surface area contributed by atoms with E-state index in [1.54, 1.807) is 0 Å². The molecule has 0 amide bonds. The lowest BCUT2D eigenvalue weighted by molar-refractivity contribution is -0.146. The van der Waals surface area contributed by atoms with Crippen LogP contribution in [-0.4, -0.2) is 24.3 Å². The first-order valence-electron chi connectivity index (χ1n) is 11.3. The summed E-state index contributed by atoms with van der Waals surface area (Å²) < 4.78 is 46.0. The molecular weight excluding hydrogens is 393 g/mol. The van der Waals surface area contributed by atoms with Gasteiger partial charge in [-0.1, -0.05) is 26.2 Å². The molecule has 0 bridgehead atoms. The predicted octanol–water partition coefficient (Wildman–Crippen LogP) is 6.46. The van der Waals surface area contributed by atoms with Crippen LogP contribution in [0.2, 0.25) is 0 Å². The van der Waals surface area contributed by atoms with Gasteiger partial charge in [0.2, 0.25) is 0 Å². The van der Waals surface area contributed by atoms with Crippen LogP contribution in [0.25, 0.3) is 0 Å². The molecule has 3 rings (SSSR count). The van der Waals surface area contributed by atoms with Gasteiger partial charge in [-0.2, -0.15) is 0 Å². The topological polar surface area (TPSA) is 46.5 Å². The summed E-state index contributed by atoms with van der Waals surface area (Å²) in [6.07, 6.45) is 8.74. The third-order valence-electron chi connectivity index (χ3n) is 7.18. The van der Waals surface area contributed by atoms with Gasteiger partial charge in [0, 0.05) is 11.8 Å². The molecule has 0 radical (unpaired) electrons. The Hall–Kier alpha value is -1.56. The summed E-state index contributed by atoms with van der Waals surface area (Å²) in [5, 5.41) is 9.48. The second-order valence-electron chi connectivity index (χ2n) is 9.42. The molecule has 2 aliphatic rings. The van der Waals surface area contributed by atoms with Gasteiger partial charge in [-0.15, -0.1) is 0 Å². The number of hydrogen-bond donors (Lipinski definition) is 1. The summed E-state index contributed by atoms with van der Waals surface area (Å²) in [5.41, 5.74) is 0.609. The Labute approximate surface area is 177 Å². The molecule has 1 unspecified atom stereocenters. The van der Waals surface area contributed by atoms with Crippen molar-refractivity contribution in [3.63, 3.8) is 0 Å². The minimum atomic E-state index is -1.43. The first-order chi connectivity index (χ1) is 14.3. The maximum atomic E-state index is 13.6. The fourth-order valence-corrected chi connectivity index (χ4v) is 5.43. The Kier molecular flexibility index (Phi) is 7.83. The lowest BCUT2D eigenvalue weighted by Gasteiger charge is -2.46. The Balaban J connectivity index is 1.63. The fraction of sp³-hybridized carbons (Fsp3) is 0.708. The second-order valence-corrected chi connectivity index (χ2v) is 9.42. The quantitative estimate of drug-likeness (QED) is 0.345. The van der Waals surface area contributed by atoms with Crippen molar-refractivity contribution in [2.24, 2.45) is 17.3 Å². The Morgan fingerprint density at radius 2 is 1.77 bits per heavy atom. The van der Waals surface area contributed by atoms with Crippen LogP contribution < -0.4 is 0 Å². The fourth-order valence-electron chi connectivity index (χ4n) is 5.43. The third kappa shape index (κ3) is 5.57. The van der Waals surface area contributed by atoms with Crippen molar-refractivity contribution in [3.8, 4) is 0 Å². The van der Waals surface area contributed by atoms with Crippen molar-refractivity contribution in [1.29, 1.82) is 0 Å². The van der Waals surface area contributed by atoms with Crippen LogP contribution in [-0.2, 0) is 9.53 Å². The van der Waals surface area contributed by atoms with Gasteiger partial charge in [-0.25, -0.2) is 13.2 Å². The van der Waals surface area contributed by atoms with Crippen molar-refractivity contribution >= 4 is 5.97 Å². The number of ether oxygens (including phenoxy) is 1. The molecular formula is C24H33F3O3. The zero-order valence-electron chi connectivity index (χ0n) is 17.8. The normalized spacial score (nSPS) is 24.3. The van der Waals surface area contributed by atoms with Gasteiger partial charge in [0.05, 0.1) is 13.2 Å². The van der Waals surface area contributed by atoms with E-state index in [0.29, 0.717) is 5.56 Å². The summed E-state index contributed by atoms with van der Waals surface area (Å²) in [5.74, 6) is -4.11. The van der Waals surface area contributed by atoms with E-state index in [9.17, 15) is 23.1 Å². The van der Waals surface area contributed by atoms with E-state index in [1.807, 2.05) is 0 Å². The molecule has 1 aromatic carbocycles. The maximum absolute atomic E-state index is 13.6. The summed E-state index contributed by atoms with van der Waals surface area (Å²) in [7, 11) is 0. The number of aliphatic carboxylic acids is 1. The highest BCUT2D eigenvalue weighted by molar-refractivity contribution is 5.67. The number of rotatable bonds is 10. The van der Waals surface area contributed by atoms with Crippen LogP contribution in [0.3, 0.4) is 0 Å². The zero-order valence-corrected chi connectivity index (χ0v) is 17.8. The SMILES string of the molecule is CCCCCC1(CC(CC(=O)O)C2CCC(c3cc(F)c(F)c(F)c3)CC2)COC1. The lowest BCUT2D eigenvalue weighted by atomic mass is 9.66. The minimum absolute atomic E-state index is 0.0121. The van der Waals surface area contributed by atoms with Crippen LogP contribution in [0.1, 0.15) is 82.6 Å². The number of benzene rings is 1. The van der Waals surface area contributed by atoms with Crippen LogP contribution in [0.5, 0.6) is 0 Å². The molecule has 168 valence electrons. The average molecular weight is 427 g/mol. The summed E-state index contributed by atoms with van der Waals surface area (Å²) in [4.78, 5) is 11.5. The highest BCUT2D eigenvalue weighted by Gasteiger charge is 2.42. The van der Waals surface area contributed by atoms with E-state index < -0.39 is 23.4 Å². The van der Waals surface area contributed by atoms with Crippen LogP contribution in [0, 0.1) is 34.7 Å². The molecule has 6 heteroatoms. The molecule has 1 aromatic rings. The summed E-state index contributed by atoms with van der Waals surface area (Å²) >= 11 is 0. The van der Waals surface area contributed by atoms with Crippen molar-refractivity contribution < 1.29 is 27.8 Å². The van der Waals surface area contributed by atoms with Gasteiger partial charge in [-0.3, -0.25) is 4.79 Å². The molecule has 3 nitrogen and oxygen atoms in total. The number of carbonyl (C=O) groups is 1. The highest BCUT2D eigenvalue weighted by Crippen LogP contribution is 2.47. The Bertz CT molecular complexity index is 701. The smallest absolute Gasteiger partial charge is 0.303 e. The van der Waals surface area contributed by atoms with Crippen LogP contribution in [0.4, 0.5) is 13.2 Å². The molecule has 1 atom stereocenters. The van der Waals surface area contributed by atoms with E-state index >= 15 is 0 Å². The molecule has 1 saturated carbocycles. The van der Waals surface area contributed by atoms with Gasteiger partial charge in [-0.05, 0) is 74.0 Å². The largest absolute Gasteiger partial charge is 0.481 e. The van der Waals surface area contributed by atoms with E-state index in [2.05, 4.69) is 6.92 Å². The standard InChI is InChI=1S/C24H33F3O3/c1-2-3-4-9-24(14-30-15-24)13-19(12-22(28)29)17-7-5-16(6-8-17)18-10-20(25)23(27)21(26)11-18/h10-11,16-17,19H,2-9,12-15H2,1H3,(H,28,29). The molecule has 2 fully saturated rings. The van der Waals surface area contributed by atoms with E-state index in [1.165, 1.54) is 6.42 Å². The highest BCUT2D eigenvalue weighted by atomic mass is 19.2. The van der Waals surface area contributed by atoms with Gasteiger partial charge in [0.15, 0.2) is 17.5 Å². The van der Waals surface area contributed by atoms with E-state index in [0.717, 1.165) is 76.7 Å². The Morgan fingerprint density at radius 1 is 1.13 bits per heavy atom. The monoisotopic (exact) mass is 426 g/mol. The number of carboxylic acids is 1. The molecule has 1 aliphatic heterocycles. The maximum Gasteiger partial charge on any atom is 0.303 e. The summed E-state index contributed by atoms with van der Waals surface area (Å²) in [6.45, 7) is 3.61. The van der Waals surface area contributed by atoms with E-state index in [4.69, 9.17) is 4.74 Å². The number of unbranched alkanes of at least 4 members (excludes halogenated alkanes) is 2. The molecule has 1 saturated heterocycles. The molecule has 1 aliphatic carbocycles. The van der Waals surface area contributed by atoms with Crippen molar-refractivity contribution in [2.45, 2.75) is 77.0 Å². The van der Waals surface area contributed by atoms with E-state index in [-0.39, 0.29) is 29.6 Å². The molecule has 0 spiro atoms. The van der Waals surface area contributed by atoms with Gasteiger partial charge in [0.25, 0.3) is 0 Å². The van der Waals surface area contributed by atoms with Gasteiger partial charge >= 0.3 is 5.97 Å². The predicted molar refractivity (Wildman–Crippen MR) is 109 cm³/mol. The second kappa shape index (κ2) is 10.2. The third-order valence-corrected chi connectivity index (χ3v) is 7.18. The molecule has 1 heterocycles. The van der Waals surface area contributed by atoms with Gasteiger partial charge < -0.3 is 9.84 Å². The average Bonchev–Trinajstić information content (AvgIpc) is 2.69. The number of halogens is 3. The van der Waals surface area contributed by atoms with Crippen molar-refractivity contribution in [3.05, 3.63) is 35.1 Å². The van der Waals surface area contributed by atoms with Crippen molar-refractivity contribution in [2.75, 3.05) is 13.2 Å².